The molecule has 0 amide bonds. The van der Waals surface area contributed by atoms with Crippen LogP contribution in [0, 0.1) is 37.3 Å². The van der Waals surface area contributed by atoms with Crippen molar-refractivity contribution < 1.29 is 105 Å². The summed E-state index contributed by atoms with van der Waals surface area (Å²) in [5.41, 5.74) is 22.0. The van der Waals surface area contributed by atoms with Crippen molar-refractivity contribution in [2.75, 3.05) is 0 Å². The minimum absolute atomic E-state index is 0. The Hall–Kier alpha value is -10.6. The number of pyridine rings is 3. The van der Waals surface area contributed by atoms with Crippen molar-refractivity contribution in [3.63, 3.8) is 0 Å². The van der Waals surface area contributed by atoms with E-state index in [1.165, 1.54) is 123 Å². The third-order valence-corrected chi connectivity index (χ3v) is 23.4. The van der Waals surface area contributed by atoms with Crippen LogP contribution in [0.3, 0.4) is 0 Å². The fraction of sp³-hybridized carbons (Fsp3) is 0.153. The summed E-state index contributed by atoms with van der Waals surface area (Å²) in [5, 5.41) is 6.12. The number of ether oxygens (including phenoxy) is 1. The minimum Gasteiger partial charge on any atom is -0.477 e. The van der Waals surface area contributed by atoms with Crippen molar-refractivity contribution in [3.05, 3.63) is 399 Å². The van der Waals surface area contributed by atoms with Crippen LogP contribution in [0.25, 0.3) is 143 Å². The minimum atomic E-state index is 0. The molecule has 0 saturated carbocycles. The van der Waals surface area contributed by atoms with Crippen LogP contribution < -0.4 is 4.74 Å². The molecule has 5 radical (unpaired) electrons. The number of hydrogen-bond donors (Lipinski definition) is 0. The van der Waals surface area contributed by atoms with E-state index >= 15 is 0 Å². The molecule has 0 N–H and O–H groups in total. The number of fused-ring (bicyclic) bond motifs is 12. The first-order valence-corrected chi connectivity index (χ1v) is 43.1. The second-order valence-corrected chi connectivity index (χ2v) is 31.3. The number of thiophene rings is 1. The van der Waals surface area contributed by atoms with Gasteiger partial charge in [0.15, 0.2) is 0 Å². The molecule has 9 nitrogen and oxygen atoms in total. The number of para-hydroxylation sites is 6. The monoisotopic (exact) mass is 2550 g/mol. The fourth-order valence-corrected chi connectivity index (χ4v) is 17.2. The molecule has 2 atom stereocenters. The molecule has 13 aromatic carbocycles. The maximum Gasteiger partial charge on any atom is 0.126 e. The second-order valence-electron chi connectivity index (χ2n) is 30.3. The Balaban J connectivity index is 0.000000163. The van der Waals surface area contributed by atoms with Crippen LogP contribution in [-0.2, 0) is 101 Å². The van der Waals surface area contributed by atoms with E-state index in [1.807, 2.05) is 201 Å². The number of hydrogen-bond acceptors (Lipinski definition) is 8. The van der Waals surface area contributed by atoms with Crippen LogP contribution in [-0.4, -0.2) is 38.9 Å². The van der Waals surface area contributed by atoms with E-state index in [0.717, 1.165) is 112 Å². The zero-order chi connectivity index (χ0) is 82.5. The SMILES string of the molecule is CCCCCC(CC)c1ccc(-c2cc(Oc3cc[c-]c(-c4ccccn4)c3)cc(-c3ccc(C(CC)CCCCC)cc3)c2)cc1.Cc1ccnc(-c2[c-]cccc2)n1.[Ir].[Ir].[Ir].[Ir].[Ir].[c-]1ccc2c(sc3ccccc32)c1-c1ccccn1.[c-]1cccc2c1c1nc3ccccc3n1c1ccccc21.[c-]1ccccc1-c1nc2ccccc2n1-c1ccccc1. The van der Waals surface area contributed by atoms with Gasteiger partial charge in [-0.3, -0.25) is 19.9 Å². The molecular weight excluding hydrogens is 2450 g/mol. The summed E-state index contributed by atoms with van der Waals surface area (Å²) in [6, 6.07) is 131. The summed E-state index contributed by atoms with van der Waals surface area (Å²) in [5.74, 6) is 4.49. The zero-order valence-electron chi connectivity index (χ0n) is 70.8. The zero-order valence-corrected chi connectivity index (χ0v) is 83.6. The second kappa shape index (κ2) is 47.9. The smallest absolute Gasteiger partial charge is 0.126 e. The van der Waals surface area contributed by atoms with Crippen LogP contribution in [0.1, 0.15) is 121 Å². The molecule has 0 aliphatic carbocycles. The number of rotatable bonds is 21. The number of nitrogens with zero attached hydrogens (tertiary/aromatic N) is 8. The molecular formula is C111H95Ir5N8OS-5. The van der Waals surface area contributed by atoms with Crippen LogP contribution in [0.4, 0.5) is 0 Å². The van der Waals surface area contributed by atoms with Gasteiger partial charge in [-0.25, -0.2) is 0 Å². The van der Waals surface area contributed by atoms with Gasteiger partial charge in [0, 0.05) is 146 Å². The summed E-state index contributed by atoms with van der Waals surface area (Å²) in [6.07, 6.45) is 18.0. The molecule has 641 valence electrons. The van der Waals surface area contributed by atoms with Gasteiger partial charge in [0.25, 0.3) is 0 Å². The Morgan fingerprint density at radius 3 is 1.54 bits per heavy atom. The number of imidazole rings is 2. The van der Waals surface area contributed by atoms with Crippen molar-refractivity contribution in [3.8, 4) is 84.7 Å². The summed E-state index contributed by atoms with van der Waals surface area (Å²) >= 11 is 1.81. The summed E-state index contributed by atoms with van der Waals surface area (Å²) in [7, 11) is 0. The van der Waals surface area contributed by atoms with Gasteiger partial charge in [0.05, 0.1) is 39.4 Å². The predicted octanol–water partition coefficient (Wildman–Crippen LogP) is 30.1. The van der Waals surface area contributed by atoms with E-state index in [2.05, 4.69) is 251 Å². The Bertz CT molecular complexity index is 6700. The van der Waals surface area contributed by atoms with E-state index < -0.39 is 0 Å². The van der Waals surface area contributed by atoms with E-state index in [1.54, 1.807) is 6.20 Å². The van der Waals surface area contributed by atoms with Crippen LogP contribution in [0.15, 0.2) is 352 Å². The predicted molar refractivity (Wildman–Crippen MR) is 505 cm³/mol. The largest absolute Gasteiger partial charge is 0.477 e. The molecule has 20 rings (SSSR count). The summed E-state index contributed by atoms with van der Waals surface area (Å²) in [4.78, 5) is 27.0. The van der Waals surface area contributed by atoms with Crippen molar-refractivity contribution in [1.29, 1.82) is 0 Å². The molecule has 2 unspecified atom stereocenters. The van der Waals surface area contributed by atoms with Gasteiger partial charge in [-0.05, 0) is 190 Å². The molecule has 7 aromatic heterocycles. The third-order valence-electron chi connectivity index (χ3n) is 22.2. The normalized spacial score (nSPS) is 11.2. The summed E-state index contributed by atoms with van der Waals surface area (Å²) in [6.45, 7) is 11.1. The molecule has 126 heavy (non-hydrogen) atoms. The van der Waals surface area contributed by atoms with Crippen molar-refractivity contribution in [2.45, 2.75) is 111 Å². The van der Waals surface area contributed by atoms with Crippen molar-refractivity contribution >= 4 is 80.9 Å². The molecule has 0 aliphatic rings. The number of aryl methyl sites for hydroxylation is 1. The van der Waals surface area contributed by atoms with Crippen molar-refractivity contribution in [1.82, 2.24) is 38.9 Å². The van der Waals surface area contributed by atoms with Crippen LogP contribution >= 0.6 is 11.3 Å². The third kappa shape index (κ3) is 23.2. The Kier molecular flexibility index (Phi) is 36.5. The molecule has 0 spiro atoms. The molecule has 0 aliphatic heterocycles. The van der Waals surface area contributed by atoms with E-state index in [0.29, 0.717) is 11.8 Å². The van der Waals surface area contributed by atoms with E-state index in [-0.39, 0.29) is 101 Å². The van der Waals surface area contributed by atoms with Gasteiger partial charge in [-0.1, -0.05) is 229 Å². The first kappa shape index (κ1) is 96.1. The molecule has 0 bridgehead atoms. The maximum absolute atomic E-state index is 6.59. The van der Waals surface area contributed by atoms with E-state index in [4.69, 9.17) is 14.7 Å². The number of aromatic nitrogens is 8. The maximum atomic E-state index is 6.59. The quantitative estimate of drug-likeness (QED) is 0.0402. The fourth-order valence-electron chi connectivity index (χ4n) is 16.0. The van der Waals surface area contributed by atoms with Crippen molar-refractivity contribution in [2.24, 2.45) is 0 Å². The van der Waals surface area contributed by atoms with E-state index in [9.17, 15) is 0 Å². The first-order chi connectivity index (χ1) is 59.8. The van der Waals surface area contributed by atoms with Gasteiger partial charge >= 0.3 is 0 Å². The molecule has 0 saturated heterocycles. The van der Waals surface area contributed by atoms with Crippen LogP contribution in [0.2, 0.25) is 0 Å². The molecule has 20 aromatic rings. The summed E-state index contributed by atoms with van der Waals surface area (Å²) < 4.78 is 13.6. The molecule has 15 heteroatoms. The number of unbranched alkanes of at least 4 members (excludes halogenated alkanes) is 4. The molecule has 0 fully saturated rings. The topological polar surface area (TPSA) is 95.9 Å². The first-order valence-electron chi connectivity index (χ1n) is 42.3. The average Bonchev–Trinajstić information content (AvgIpc) is 1.55. The Labute approximate surface area is 811 Å². The number of benzene rings is 13. The van der Waals surface area contributed by atoms with Gasteiger partial charge in [0.1, 0.15) is 5.75 Å². The van der Waals surface area contributed by atoms with Gasteiger partial charge < -0.3 is 23.7 Å². The Morgan fingerprint density at radius 2 is 0.921 bits per heavy atom. The van der Waals surface area contributed by atoms with Crippen LogP contribution in [0.5, 0.6) is 11.5 Å². The average molecular weight is 2550 g/mol. The molecule has 7 heterocycles. The Morgan fingerprint density at radius 1 is 0.373 bits per heavy atom. The van der Waals surface area contributed by atoms with Gasteiger partial charge in [0.2, 0.25) is 0 Å². The van der Waals surface area contributed by atoms with Gasteiger partial charge in [-0.15, -0.1) is 155 Å². The standard InChI is InChI=1S/C45H52NO.C19H11N2.C19H13N2.C17H10NS.C11H9N2.5Ir/c1-5-9-11-16-34(7-3)36-21-25-38(26-22-36)41-30-42(39-27-23-37(24-28-39)35(8-4)17-12-10-6-2)33-44(32-41)47-43-19-15-18-40(31-43)45-20-13-14-29-46-45;1-2-9-15-13(7-1)14-8-3-5-11-17(14)21-18-12-6-4-10-16(18)20-19(15)21;1-3-9-15(10-4-1)19-20-17-13-7-8-14-18(17)21(19)16-11-5-2-6-12-16;1-2-10-16-12(6-1)13-7-5-8-14(17(13)19-16)15-9-3-4-11-18-15;1-9-7-8-12-11(13-9)10-5-3-2-4-6-10;;;;;/h13-15,19-35H,5-12,16-17H2,1-4H3;1-8,10-12H;1-9,11-14H;1-7,9-11H;2-5,7-8H,1H3;;;;;/q5*-1;;;;;. The van der Waals surface area contributed by atoms with Gasteiger partial charge in [-0.2, -0.15) is 11.3 Å².